The molecule has 3 rings (SSSR count). The largest absolute Gasteiger partial charge is 0.273 e. The number of carbonyl (C=O) groups excluding carboxylic acids is 2. The summed E-state index contributed by atoms with van der Waals surface area (Å²) in [6.45, 7) is 0.797. The van der Waals surface area contributed by atoms with E-state index < -0.39 is 15.7 Å². The number of carbonyl (C=O) groups is 2. The van der Waals surface area contributed by atoms with Crippen LogP contribution in [0.2, 0.25) is 0 Å². The third kappa shape index (κ3) is 4.48. The highest BCUT2D eigenvalue weighted by atomic mass is 32.2. The van der Waals surface area contributed by atoms with E-state index in [-0.39, 0.29) is 22.1 Å². The number of rotatable bonds is 5. The SMILES string of the molecule is CS(=O)(=O)c1ccccc1C(=O)N1CCCN1C(=O)CSc1ccccn1. The molecule has 1 saturated heterocycles. The Morgan fingerprint density at radius 2 is 1.78 bits per heavy atom. The fourth-order valence-electron chi connectivity index (χ4n) is 2.83. The molecule has 2 aromatic rings. The molecule has 0 bridgehead atoms. The number of aromatic nitrogens is 1. The monoisotopic (exact) mass is 405 g/mol. The number of hydrogen-bond acceptors (Lipinski definition) is 6. The quantitative estimate of drug-likeness (QED) is 0.706. The maximum absolute atomic E-state index is 13.0. The molecule has 0 aliphatic carbocycles. The van der Waals surface area contributed by atoms with Gasteiger partial charge in [0.1, 0.15) is 0 Å². The van der Waals surface area contributed by atoms with Crippen LogP contribution in [0.15, 0.2) is 58.6 Å². The highest BCUT2D eigenvalue weighted by Crippen LogP contribution is 2.22. The molecule has 1 aromatic carbocycles. The molecule has 1 fully saturated rings. The van der Waals surface area contributed by atoms with Crippen molar-refractivity contribution >= 4 is 33.4 Å². The van der Waals surface area contributed by atoms with Crippen LogP contribution < -0.4 is 0 Å². The van der Waals surface area contributed by atoms with Crippen molar-refractivity contribution in [1.82, 2.24) is 15.0 Å². The first kappa shape index (κ1) is 19.4. The standard InChI is InChI=1S/C18H19N3O4S2/c1-27(24,25)15-8-3-2-7-14(15)18(23)21-12-6-11-20(21)17(22)13-26-16-9-4-5-10-19-16/h2-5,7-10H,6,11-13H2,1H3. The normalized spacial score (nSPS) is 14.4. The van der Waals surface area contributed by atoms with E-state index >= 15 is 0 Å². The molecular formula is C18H19N3O4S2. The lowest BCUT2D eigenvalue weighted by Crippen LogP contribution is -2.45. The van der Waals surface area contributed by atoms with Gasteiger partial charge in [0.15, 0.2) is 9.84 Å². The third-order valence-electron chi connectivity index (χ3n) is 4.05. The fourth-order valence-corrected chi connectivity index (χ4v) is 4.44. The highest BCUT2D eigenvalue weighted by molar-refractivity contribution is 7.99. The minimum absolute atomic E-state index is 0.0304. The summed E-state index contributed by atoms with van der Waals surface area (Å²) >= 11 is 1.30. The minimum Gasteiger partial charge on any atom is -0.272 e. The number of hydrogen-bond donors (Lipinski definition) is 0. The van der Waals surface area contributed by atoms with Crippen molar-refractivity contribution in [2.45, 2.75) is 16.3 Å². The maximum atomic E-state index is 13.0. The Hall–Kier alpha value is -2.39. The van der Waals surface area contributed by atoms with Gasteiger partial charge in [0, 0.05) is 25.5 Å². The minimum atomic E-state index is -3.56. The molecule has 2 heterocycles. The first-order valence-electron chi connectivity index (χ1n) is 8.33. The van der Waals surface area contributed by atoms with Gasteiger partial charge < -0.3 is 0 Å². The van der Waals surface area contributed by atoms with Crippen LogP contribution in [-0.4, -0.2) is 60.3 Å². The molecule has 1 aliphatic heterocycles. The molecule has 0 saturated carbocycles. The van der Waals surface area contributed by atoms with E-state index in [1.54, 1.807) is 24.4 Å². The van der Waals surface area contributed by atoms with Crippen LogP contribution in [-0.2, 0) is 14.6 Å². The van der Waals surface area contributed by atoms with Crippen LogP contribution in [0, 0.1) is 0 Å². The smallest absolute Gasteiger partial charge is 0.272 e. The van der Waals surface area contributed by atoms with Crippen molar-refractivity contribution in [3.8, 4) is 0 Å². The van der Waals surface area contributed by atoms with Gasteiger partial charge in [0.05, 0.1) is 21.2 Å². The van der Waals surface area contributed by atoms with Gasteiger partial charge in [0.2, 0.25) is 0 Å². The van der Waals surface area contributed by atoms with Crippen LogP contribution >= 0.6 is 11.8 Å². The Bertz CT molecular complexity index is 948. The summed E-state index contributed by atoms with van der Waals surface area (Å²) in [6.07, 6.45) is 3.36. The van der Waals surface area contributed by atoms with Crippen molar-refractivity contribution in [3.63, 3.8) is 0 Å². The number of hydrazine groups is 1. The summed E-state index contributed by atoms with van der Waals surface area (Å²) in [7, 11) is -3.56. The van der Waals surface area contributed by atoms with E-state index in [2.05, 4.69) is 4.98 Å². The Morgan fingerprint density at radius 3 is 2.48 bits per heavy atom. The second kappa shape index (κ2) is 8.10. The van der Waals surface area contributed by atoms with Crippen molar-refractivity contribution in [2.24, 2.45) is 0 Å². The predicted octanol–water partition coefficient (Wildman–Crippen LogP) is 1.87. The van der Waals surface area contributed by atoms with Crippen molar-refractivity contribution in [2.75, 3.05) is 25.1 Å². The number of thioether (sulfide) groups is 1. The van der Waals surface area contributed by atoms with Crippen LogP contribution in [0.5, 0.6) is 0 Å². The van der Waals surface area contributed by atoms with Gasteiger partial charge in [-0.1, -0.05) is 30.0 Å². The Morgan fingerprint density at radius 1 is 1.07 bits per heavy atom. The molecular weight excluding hydrogens is 386 g/mol. The second-order valence-corrected chi connectivity index (χ2v) is 9.00. The lowest BCUT2D eigenvalue weighted by atomic mass is 10.2. The third-order valence-corrected chi connectivity index (χ3v) is 6.14. The average molecular weight is 406 g/mol. The zero-order valence-electron chi connectivity index (χ0n) is 14.7. The predicted molar refractivity (Wildman–Crippen MR) is 102 cm³/mol. The van der Waals surface area contributed by atoms with E-state index in [1.807, 2.05) is 12.1 Å². The second-order valence-electron chi connectivity index (χ2n) is 6.02. The molecule has 0 unspecified atom stereocenters. The van der Waals surface area contributed by atoms with E-state index in [0.717, 1.165) is 11.3 Å². The van der Waals surface area contributed by atoms with Gasteiger partial charge in [-0.25, -0.2) is 18.4 Å². The molecule has 0 atom stereocenters. The number of nitrogens with zero attached hydrogens (tertiary/aromatic N) is 3. The topological polar surface area (TPSA) is 87.7 Å². The van der Waals surface area contributed by atoms with E-state index in [0.29, 0.717) is 19.5 Å². The summed E-state index contributed by atoms with van der Waals surface area (Å²) in [4.78, 5) is 29.7. The number of benzene rings is 1. The van der Waals surface area contributed by atoms with Crippen LogP contribution in [0.3, 0.4) is 0 Å². The van der Waals surface area contributed by atoms with Gasteiger partial charge in [-0.05, 0) is 30.7 Å². The molecule has 2 amide bonds. The molecule has 9 heteroatoms. The van der Waals surface area contributed by atoms with Gasteiger partial charge >= 0.3 is 0 Å². The summed E-state index contributed by atoms with van der Waals surface area (Å²) in [5.74, 6) is -0.549. The van der Waals surface area contributed by atoms with E-state index in [9.17, 15) is 18.0 Å². The molecule has 27 heavy (non-hydrogen) atoms. The zero-order valence-corrected chi connectivity index (χ0v) is 16.4. The highest BCUT2D eigenvalue weighted by Gasteiger charge is 2.33. The number of pyridine rings is 1. The van der Waals surface area contributed by atoms with Gasteiger partial charge in [-0.3, -0.25) is 14.6 Å². The number of sulfone groups is 1. The summed E-state index contributed by atoms with van der Waals surface area (Å²) in [5, 5.41) is 3.47. The Balaban J connectivity index is 1.76. The number of amides is 2. The molecule has 7 nitrogen and oxygen atoms in total. The first-order valence-corrected chi connectivity index (χ1v) is 11.2. The average Bonchev–Trinajstić information content (AvgIpc) is 3.15. The van der Waals surface area contributed by atoms with Crippen LogP contribution in [0.1, 0.15) is 16.8 Å². The summed E-state index contributed by atoms with van der Waals surface area (Å²) in [5.41, 5.74) is 0.0806. The van der Waals surface area contributed by atoms with Gasteiger partial charge in [-0.15, -0.1) is 0 Å². The van der Waals surface area contributed by atoms with Crippen molar-refractivity contribution < 1.29 is 18.0 Å². The lowest BCUT2D eigenvalue weighted by molar-refractivity contribution is -0.137. The molecule has 0 spiro atoms. The molecule has 0 radical (unpaired) electrons. The Kier molecular flexibility index (Phi) is 5.81. The van der Waals surface area contributed by atoms with Gasteiger partial charge in [-0.2, -0.15) is 0 Å². The molecule has 142 valence electrons. The van der Waals surface area contributed by atoms with Gasteiger partial charge in [0.25, 0.3) is 11.8 Å². The zero-order chi connectivity index (χ0) is 19.4. The van der Waals surface area contributed by atoms with Crippen LogP contribution in [0.4, 0.5) is 0 Å². The van der Waals surface area contributed by atoms with Crippen molar-refractivity contribution in [3.05, 3.63) is 54.2 Å². The summed E-state index contributed by atoms with van der Waals surface area (Å²) < 4.78 is 24.0. The first-order chi connectivity index (χ1) is 12.9. The molecule has 0 N–H and O–H groups in total. The lowest BCUT2D eigenvalue weighted by Gasteiger charge is -2.28. The molecule has 1 aliphatic rings. The maximum Gasteiger partial charge on any atom is 0.273 e. The van der Waals surface area contributed by atoms with Crippen molar-refractivity contribution in [1.29, 1.82) is 0 Å². The summed E-state index contributed by atoms with van der Waals surface area (Å²) in [6, 6.07) is 11.5. The Labute approximate surface area is 162 Å². The fraction of sp³-hybridized carbons (Fsp3) is 0.278. The van der Waals surface area contributed by atoms with E-state index in [1.165, 1.54) is 33.9 Å². The van der Waals surface area contributed by atoms with Crippen LogP contribution in [0.25, 0.3) is 0 Å². The van der Waals surface area contributed by atoms with E-state index in [4.69, 9.17) is 0 Å². The molecule has 1 aromatic heterocycles.